The van der Waals surface area contributed by atoms with Crippen LogP contribution in [-0.2, 0) is 16.4 Å². The van der Waals surface area contributed by atoms with Gasteiger partial charge in [0.15, 0.2) is 14.6 Å². The first-order valence-electron chi connectivity index (χ1n) is 8.93. The highest BCUT2D eigenvalue weighted by Crippen LogP contribution is 2.26. The van der Waals surface area contributed by atoms with E-state index in [1.165, 1.54) is 31.8 Å². The summed E-state index contributed by atoms with van der Waals surface area (Å²) in [6, 6.07) is 9.88. The van der Waals surface area contributed by atoms with Gasteiger partial charge in [-0.2, -0.15) is 4.99 Å². The summed E-state index contributed by atoms with van der Waals surface area (Å²) in [6.07, 6.45) is 2.01. The summed E-state index contributed by atoms with van der Waals surface area (Å²) in [5.74, 6) is 0.513. The van der Waals surface area contributed by atoms with E-state index >= 15 is 0 Å². The van der Waals surface area contributed by atoms with Crippen LogP contribution >= 0.6 is 11.3 Å². The molecule has 3 rings (SSSR count). The van der Waals surface area contributed by atoms with Gasteiger partial charge in [0.25, 0.3) is 5.91 Å². The van der Waals surface area contributed by atoms with Crippen LogP contribution in [-0.4, -0.2) is 39.4 Å². The fourth-order valence-electron chi connectivity index (χ4n) is 2.93. The number of rotatable bonds is 6. The second-order valence-corrected chi connectivity index (χ2v) is 9.45. The lowest BCUT2D eigenvalue weighted by atomic mass is 10.2. The van der Waals surface area contributed by atoms with Crippen LogP contribution in [0.15, 0.2) is 46.3 Å². The van der Waals surface area contributed by atoms with Gasteiger partial charge in [-0.3, -0.25) is 4.79 Å². The minimum atomic E-state index is -3.32. The van der Waals surface area contributed by atoms with Gasteiger partial charge in [-0.15, -0.1) is 0 Å². The molecule has 0 saturated carbocycles. The summed E-state index contributed by atoms with van der Waals surface area (Å²) in [5, 5.41) is 0. The van der Waals surface area contributed by atoms with E-state index in [4.69, 9.17) is 9.47 Å². The van der Waals surface area contributed by atoms with Gasteiger partial charge in [-0.1, -0.05) is 18.3 Å². The van der Waals surface area contributed by atoms with E-state index in [1.54, 1.807) is 36.4 Å². The Hall–Kier alpha value is -2.65. The zero-order chi connectivity index (χ0) is 21.2. The van der Waals surface area contributed by atoms with Crippen LogP contribution in [0, 0.1) is 0 Å². The third-order valence-corrected chi connectivity index (χ3v) is 6.52. The highest BCUT2D eigenvalue weighted by atomic mass is 32.2. The van der Waals surface area contributed by atoms with Gasteiger partial charge in [-0.25, -0.2) is 8.42 Å². The van der Waals surface area contributed by atoms with E-state index in [0.717, 1.165) is 16.6 Å². The Morgan fingerprint density at radius 1 is 1.14 bits per heavy atom. The molecule has 0 aliphatic rings. The van der Waals surface area contributed by atoms with Crippen molar-refractivity contribution in [2.24, 2.45) is 4.99 Å². The van der Waals surface area contributed by atoms with Crippen LogP contribution in [0.25, 0.3) is 10.2 Å². The van der Waals surface area contributed by atoms with E-state index in [0.29, 0.717) is 28.4 Å². The monoisotopic (exact) mass is 434 g/mol. The molecule has 9 heteroatoms. The lowest BCUT2D eigenvalue weighted by molar-refractivity contribution is 0.0995. The fourth-order valence-corrected chi connectivity index (χ4v) is 4.75. The molecule has 0 aliphatic carbocycles. The number of ether oxygens (including phenoxy) is 2. The molecule has 154 valence electrons. The quantitative estimate of drug-likeness (QED) is 0.594. The maximum absolute atomic E-state index is 12.9. The molecule has 0 saturated heterocycles. The number of hydrogen-bond donors (Lipinski definition) is 0. The summed E-state index contributed by atoms with van der Waals surface area (Å²) in [5.41, 5.74) is 1.17. The fraction of sp³-hybridized carbons (Fsp3) is 0.300. The molecule has 0 radical (unpaired) electrons. The Morgan fingerprint density at radius 2 is 1.90 bits per heavy atom. The summed E-state index contributed by atoms with van der Waals surface area (Å²) < 4.78 is 36.9. The smallest absolute Gasteiger partial charge is 0.283 e. The number of hydrogen-bond acceptors (Lipinski definition) is 6. The minimum absolute atomic E-state index is 0.240. The van der Waals surface area contributed by atoms with Crippen molar-refractivity contribution in [2.75, 3.05) is 20.5 Å². The minimum Gasteiger partial charge on any atom is -0.497 e. The maximum atomic E-state index is 12.9. The molecule has 3 aromatic rings. The van der Waals surface area contributed by atoms with Gasteiger partial charge in [0.05, 0.1) is 34.9 Å². The highest BCUT2D eigenvalue weighted by molar-refractivity contribution is 7.90. The van der Waals surface area contributed by atoms with Gasteiger partial charge in [0, 0.05) is 18.9 Å². The summed E-state index contributed by atoms with van der Waals surface area (Å²) in [7, 11) is -0.301. The number of thiazole rings is 1. The Bertz CT molecular complexity index is 1240. The molecule has 29 heavy (non-hydrogen) atoms. The molecule has 0 fully saturated rings. The number of carbonyl (C=O) groups excluding carboxylic acids is 1. The van der Waals surface area contributed by atoms with E-state index in [-0.39, 0.29) is 4.90 Å². The van der Waals surface area contributed by atoms with Crippen molar-refractivity contribution in [1.29, 1.82) is 0 Å². The zero-order valence-electron chi connectivity index (χ0n) is 16.6. The van der Waals surface area contributed by atoms with Crippen LogP contribution in [0.2, 0.25) is 0 Å². The van der Waals surface area contributed by atoms with Crippen molar-refractivity contribution in [2.45, 2.75) is 24.8 Å². The van der Waals surface area contributed by atoms with Crippen molar-refractivity contribution >= 4 is 37.3 Å². The van der Waals surface area contributed by atoms with Crippen molar-refractivity contribution < 1.29 is 22.7 Å². The van der Waals surface area contributed by atoms with Crippen LogP contribution in [0.3, 0.4) is 0 Å². The second kappa shape index (κ2) is 8.38. The SMILES string of the molecule is CCCn1c(=NC(=O)c2ccc(OC)cc2OC)sc2cc(S(C)(=O)=O)ccc21. The van der Waals surface area contributed by atoms with Gasteiger partial charge < -0.3 is 14.0 Å². The predicted molar refractivity (Wildman–Crippen MR) is 113 cm³/mol. The topological polar surface area (TPSA) is 87.0 Å². The van der Waals surface area contributed by atoms with Crippen molar-refractivity contribution in [3.8, 4) is 11.5 Å². The number of carbonyl (C=O) groups is 1. The average Bonchev–Trinajstić information content (AvgIpc) is 3.03. The third-order valence-electron chi connectivity index (χ3n) is 4.37. The van der Waals surface area contributed by atoms with E-state index < -0.39 is 15.7 Å². The molecule has 0 atom stereocenters. The van der Waals surface area contributed by atoms with Gasteiger partial charge in [0.1, 0.15) is 11.5 Å². The Balaban J connectivity index is 2.16. The summed E-state index contributed by atoms with van der Waals surface area (Å²) >= 11 is 1.28. The van der Waals surface area contributed by atoms with Gasteiger partial charge in [-0.05, 0) is 36.8 Å². The number of amides is 1. The van der Waals surface area contributed by atoms with Crippen molar-refractivity contribution in [3.05, 3.63) is 46.8 Å². The third kappa shape index (κ3) is 4.35. The first-order chi connectivity index (χ1) is 13.8. The number of sulfone groups is 1. The maximum Gasteiger partial charge on any atom is 0.283 e. The number of aromatic nitrogens is 1. The Kier molecular flexibility index (Phi) is 6.09. The lowest BCUT2D eigenvalue weighted by Crippen LogP contribution is -2.17. The standard InChI is InChI=1S/C20H22N2O5S2/c1-5-10-22-16-9-7-14(29(4,24)25)12-18(16)28-20(22)21-19(23)15-8-6-13(26-2)11-17(15)27-3/h6-9,11-12H,5,10H2,1-4H3. The van der Waals surface area contributed by atoms with E-state index in [9.17, 15) is 13.2 Å². The van der Waals surface area contributed by atoms with Crippen LogP contribution in [0.4, 0.5) is 0 Å². The molecule has 0 aliphatic heterocycles. The van der Waals surface area contributed by atoms with Crippen LogP contribution in [0.5, 0.6) is 11.5 Å². The first kappa shape index (κ1) is 21.1. The average molecular weight is 435 g/mol. The number of nitrogens with zero attached hydrogens (tertiary/aromatic N) is 2. The lowest BCUT2D eigenvalue weighted by Gasteiger charge is -2.07. The zero-order valence-corrected chi connectivity index (χ0v) is 18.3. The molecule has 0 unspecified atom stereocenters. The molecule has 1 aromatic heterocycles. The van der Waals surface area contributed by atoms with E-state index in [1.807, 2.05) is 11.5 Å². The number of benzene rings is 2. The first-order valence-corrected chi connectivity index (χ1v) is 11.6. The van der Waals surface area contributed by atoms with Crippen molar-refractivity contribution in [1.82, 2.24) is 4.57 Å². The molecule has 0 N–H and O–H groups in total. The van der Waals surface area contributed by atoms with Gasteiger partial charge in [0.2, 0.25) is 0 Å². The molecular weight excluding hydrogens is 412 g/mol. The Labute approximate surface area is 173 Å². The molecule has 2 aromatic carbocycles. The molecule has 0 bridgehead atoms. The van der Waals surface area contributed by atoms with Crippen molar-refractivity contribution in [3.63, 3.8) is 0 Å². The van der Waals surface area contributed by atoms with Gasteiger partial charge >= 0.3 is 0 Å². The van der Waals surface area contributed by atoms with E-state index in [2.05, 4.69) is 4.99 Å². The predicted octanol–water partition coefficient (Wildman–Crippen LogP) is 3.27. The molecular formula is C20H22N2O5S2. The van der Waals surface area contributed by atoms with Crippen LogP contribution in [0.1, 0.15) is 23.7 Å². The second-order valence-electron chi connectivity index (χ2n) is 6.42. The molecule has 7 nitrogen and oxygen atoms in total. The highest BCUT2D eigenvalue weighted by Gasteiger charge is 2.15. The molecule has 1 heterocycles. The molecule has 1 amide bonds. The Morgan fingerprint density at radius 3 is 2.52 bits per heavy atom. The number of fused-ring (bicyclic) bond motifs is 1. The van der Waals surface area contributed by atoms with Crippen LogP contribution < -0.4 is 14.3 Å². The summed E-state index contributed by atoms with van der Waals surface area (Å²) in [4.78, 5) is 17.9. The summed E-state index contributed by atoms with van der Waals surface area (Å²) in [6.45, 7) is 2.68. The number of aryl methyl sites for hydroxylation is 1. The number of methoxy groups -OCH3 is 2. The normalized spacial score (nSPS) is 12.3. The molecule has 0 spiro atoms. The largest absolute Gasteiger partial charge is 0.497 e.